The summed E-state index contributed by atoms with van der Waals surface area (Å²) in [5.74, 6) is -0.429. The van der Waals surface area contributed by atoms with Gasteiger partial charge in [0.25, 0.3) is 0 Å². The van der Waals surface area contributed by atoms with Crippen LogP contribution in [0.3, 0.4) is 0 Å². The first-order chi connectivity index (χ1) is 10.8. The Bertz CT molecular complexity index is 735. The zero-order valence-electron chi connectivity index (χ0n) is 14.0. The van der Waals surface area contributed by atoms with Crippen molar-refractivity contribution in [3.05, 3.63) is 24.3 Å². The molecule has 0 bridgehead atoms. The van der Waals surface area contributed by atoms with Gasteiger partial charge in [0.05, 0.1) is 23.3 Å². The second-order valence-corrected chi connectivity index (χ2v) is 6.55. The Balaban J connectivity index is 2.15. The van der Waals surface area contributed by atoms with E-state index in [1.54, 1.807) is 13.0 Å². The van der Waals surface area contributed by atoms with Crippen molar-refractivity contribution in [2.75, 3.05) is 6.61 Å². The van der Waals surface area contributed by atoms with Crippen molar-refractivity contribution < 1.29 is 18.4 Å². The summed E-state index contributed by atoms with van der Waals surface area (Å²) in [4.78, 5) is 8.23. The van der Waals surface area contributed by atoms with Crippen LogP contribution < -0.4 is 10.2 Å². The van der Waals surface area contributed by atoms with Crippen LogP contribution in [0, 0.1) is 5.82 Å². The van der Waals surface area contributed by atoms with Gasteiger partial charge >= 0.3 is 7.12 Å². The minimum absolute atomic E-state index is 0.110. The maximum Gasteiger partial charge on any atom is 0.498 e. The lowest BCUT2D eigenvalue weighted by Crippen LogP contribution is -2.41. The minimum atomic E-state index is -0.720. The first-order valence-corrected chi connectivity index (χ1v) is 7.68. The van der Waals surface area contributed by atoms with Gasteiger partial charge < -0.3 is 14.0 Å². The number of halogens is 1. The van der Waals surface area contributed by atoms with E-state index >= 15 is 0 Å². The number of aromatic nitrogens is 2. The molecule has 1 aliphatic heterocycles. The van der Waals surface area contributed by atoms with Gasteiger partial charge in [0, 0.05) is 17.9 Å². The third-order valence-corrected chi connectivity index (χ3v) is 4.48. The second kappa shape index (κ2) is 5.42. The highest BCUT2D eigenvalue weighted by Crippen LogP contribution is 2.37. The molecule has 0 N–H and O–H groups in total. The second-order valence-electron chi connectivity index (χ2n) is 6.55. The van der Waals surface area contributed by atoms with Crippen LogP contribution in [0.15, 0.2) is 18.5 Å². The number of benzene rings is 1. The topological polar surface area (TPSA) is 53.5 Å². The first kappa shape index (κ1) is 16.1. The Hall–Kier alpha value is -1.73. The van der Waals surface area contributed by atoms with Crippen LogP contribution in [-0.2, 0) is 9.31 Å². The summed E-state index contributed by atoms with van der Waals surface area (Å²) in [6, 6.07) is 1.72. The summed E-state index contributed by atoms with van der Waals surface area (Å²) in [6.07, 6.45) is 2.98. The van der Waals surface area contributed by atoms with Crippen LogP contribution in [-0.4, -0.2) is 34.9 Å². The summed E-state index contributed by atoms with van der Waals surface area (Å²) in [6.45, 7) is 9.92. The van der Waals surface area contributed by atoms with E-state index in [-0.39, 0.29) is 11.3 Å². The minimum Gasteiger partial charge on any atom is -0.491 e. The van der Waals surface area contributed by atoms with Gasteiger partial charge in [0.15, 0.2) is 11.6 Å². The molecule has 122 valence electrons. The van der Waals surface area contributed by atoms with Crippen LogP contribution in [0.5, 0.6) is 5.75 Å². The summed E-state index contributed by atoms with van der Waals surface area (Å²) >= 11 is 0. The van der Waals surface area contributed by atoms with Gasteiger partial charge in [-0.1, -0.05) is 0 Å². The number of hydrogen-bond acceptors (Lipinski definition) is 5. The molecule has 0 amide bonds. The molecule has 0 saturated carbocycles. The van der Waals surface area contributed by atoms with Gasteiger partial charge in [0.1, 0.15) is 5.52 Å². The molecule has 1 aliphatic rings. The maximum atomic E-state index is 14.8. The summed E-state index contributed by atoms with van der Waals surface area (Å²) in [5, 5.41) is 0. The molecular weight excluding hydrogens is 298 g/mol. The van der Waals surface area contributed by atoms with Crippen molar-refractivity contribution in [1.29, 1.82) is 0 Å². The zero-order valence-corrected chi connectivity index (χ0v) is 14.0. The fraction of sp³-hybridized carbons (Fsp3) is 0.500. The van der Waals surface area contributed by atoms with E-state index in [2.05, 4.69) is 9.97 Å². The van der Waals surface area contributed by atoms with E-state index in [1.807, 2.05) is 27.7 Å². The van der Waals surface area contributed by atoms with Gasteiger partial charge in [0.2, 0.25) is 0 Å². The SMILES string of the molecule is CCOc1c(B2OC(C)(C)C(C)(C)O2)cc2nccnc2c1F. The van der Waals surface area contributed by atoms with Crippen molar-refractivity contribution in [1.82, 2.24) is 9.97 Å². The third kappa shape index (κ3) is 2.58. The average Bonchev–Trinajstić information content (AvgIpc) is 2.70. The predicted octanol–water partition coefficient (Wildman–Crippen LogP) is 2.47. The highest BCUT2D eigenvalue weighted by Gasteiger charge is 2.53. The molecule has 7 heteroatoms. The summed E-state index contributed by atoms with van der Waals surface area (Å²) in [7, 11) is -0.720. The summed E-state index contributed by atoms with van der Waals surface area (Å²) in [5.41, 5.74) is 0.0783. The average molecular weight is 318 g/mol. The number of fused-ring (bicyclic) bond motifs is 1. The summed E-state index contributed by atoms with van der Waals surface area (Å²) < 4.78 is 32.4. The highest BCUT2D eigenvalue weighted by molar-refractivity contribution is 6.63. The molecule has 0 atom stereocenters. The molecule has 0 radical (unpaired) electrons. The first-order valence-electron chi connectivity index (χ1n) is 7.68. The molecule has 2 heterocycles. The quantitative estimate of drug-likeness (QED) is 0.814. The van der Waals surface area contributed by atoms with Crippen LogP contribution in [0.2, 0.25) is 0 Å². The van der Waals surface area contributed by atoms with Crippen molar-refractivity contribution in [3.63, 3.8) is 0 Å². The van der Waals surface area contributed by atoms with Crippen LogP contribution in [0.25, 0.3) is 11.0 Å². The van der Waals surface area contributed by atoms with Crippen LogP contribution in [0.4, 0.5) is 4.39 Å². The van der Waals surface area contributed by atoms with Gasteiger partial charge in [-0.25, -0.2) is 9.37 Å². The Morgan fingerprint density at radius 2 is 1.74 bits per heavy atom. The maximum absolute atomic E-state index is 14.8. The molecule has 1 aromatic heterocycles. The Morgan fingerprint density at radius 3 is 2.35 bits per heavy atom. The molecule has 1 saturated heterocycles. The molecule has 1 fully saturated rings. The van der Waals surface area contributed by atoms with Crippen molar-refractivity contribution in [2.24, 2.45) is 0 Å². The smallest absolute Gasteiger partial charge is 0.491 e. The van der Waals surface area contributed by atoms with E-state index < -0.39 is 24.1 Å². The van der Waals surface area contributed by atoms with Gasteiger partial charge in [-0.05, 0) is 40.7 Å². The van der Waals surface area contributed by atoms with Crippen LogP contribution >= 0.6 is 0 Å². The molecule has 3 rings (SSSR count). The largest absolute Gasteiger partial charge is 0.498 e. The molecular formula is C16H20BFN2O3. The third-order valence-electron chi connectivity index (χ3n) is 4.48. The van der Waals surface area contributed by atoms with Crippen LogP contribution in [0.1, 0.15) is 34.6 Å². The molecule has 2 aromatic rings. The Kier molecular flexibility index (Phi) is 3.81. The molecule has 1 aromatic carbocycles. The lowest BCUT2D eigenvalue weighted by Gasteiger charge is -2.32. The van der Waals surface area contributed by atoms with Gasteiger partial charge in [-0.2, -0.15) is 0 Å². The fourth-order valence-corrected chi connectivity index (χ4v) is 2.51. The normalized spacial score (nSPS) is 19.3. The van der Waals surface area contributed by atoms with Crippen molar-refractivity contribution >= 4 is 23.6 Å². The Morgan fingerprint density at radius 1 is 1.13 bits per heavy atom. The highest BCUT2D eigenvalue weighted by atomic mass is 19.1. The molecule has 23 heavy (non-hydrogen) atoms. The molecule has 0 aliphatic carbocycles. The van der Waals surface area contributed by atoms with Gasteiger partial charge in [-0.15, -0.1) is 0 Å². The Labute approximate surface area is 135 Å². The number of ether oxygens (including phenoxy) is 1. The molecule has 0 spiro atoms. The lowest BCUT2D eigenvalue weighted by atomic mass is 9.78. The van der Waals surface area contributed by atoms with Gasteiger partial charge in [-0.3, -0.25) is 4.98 Å². The predicted molar refractivity (Wildman–Crippen MR) is 86.4 cm³/mol. The standard InChI is InChI=1S/C16H20BFN2O3/c1-6-21-14-10(17-22-15(2,3)16(4,5)23-17)9-11-13(12(14)18)20-8-7-19-11/h7-9H,6H2,1-5H3. The molecule has 0 unspecified atom stereocenters. The van der Waals surface area contributed by atoms with Crippen molar-refractivity contribution in [3.8, 4) is 5.75 Å². The number of hydrogen-bond donors (Lipinski definition) is 0. The van der Waals surface area contributed by atoms with E-state index in [9.17, 15) is 4.39 Å². The van der Waals surface area contributed by atoms with E-state index in [0.29, 0.717) is 17.6 Å². The van der Waals surface area contributed by atoms with E-state index in [4.69, 9.17) is 14.0 Å². The molecule has 5 nitrogen and oxygen atoms in total. The number of rotatable bonds is 3. The fourth-order valence-electron chi connectivity index (χ4n) is 2.51. The van der Waals surface area contributed by atoms with E-state index in [0.717, 1.165) is 0 Å². The van der Waals surface area contributed by atoms with E-state index in [1.165, 1.54) is 12.4 Å². The van der Waals surface area contributed by atoms with Crippen molar-refractivity contribution in [2.45, 2.75) is 45.8 Å². The number of nitrogens with zero attached hydrogens (tertiary/aromatic N) is 2. The lowest BCUT2D eigenvalue weighted by molar-refractivity contribution is 0.00578. The monoisotopic (exact) mass is 318 g/mol. The zero-order chi connectivity index (χ0) is 16.8.